The second-order valence-electron chi connectivity index (χ2n) is 3.89. The molecule has 3 nitrogen and oxygen atoms in total. The molecule has 1 aromatic heterocycles. The van der Waals surface area contributed by atoms with Gasteiger partial charge in [0.2, 0.25) is 0 Å². The minimum atomic E-state index is 0.325. The average molecular weight is 247 g/mol. The van der Waals surface area contributed by atoms with Crippen molar-refractivity contribution in [2.75, 3.05) is 7.05 Å². The molecule has 1 heterocycles. The first-order chi connectivity index (χ1) is 8.31. The lowest BCUT2D eigenvalue weighted by molar-refractivity contribution is 0.588. The molecule has 0 aliphatic heterocycles. The highest BCUT2D eigenvalue weighted by molar-refractivity contribution is 7.99. The predicted molar refractivity (Wildman–Crippen MR) is 72.1 cm³/mol. The Hall–Kier alpha value is -1.26. The van der Waals surface area contributed by atoms with Crippen molar-refractivity contribution in [1.29, 1.82) is 0 Å². The van der Waals surface area contributed by atoms with Crippen molar-refractivity contribution in [3.8, 4) is 0 Å². The molecule has 2 rings (SSSR count). The van der Waals surface area contributed by atoms with Crippen molar-refractivity contribution in [3.05, 3.63) is 48.3 Å². The zero-order valence-electron chi connectivity index (χ0n) is 10.1. The summed E-state index contributed by atoms with van der Waals surface area (Å²) in [6.45, 7) is 2.21. The van der Waals surface area contributed by atoms with E-state index < -0.39 is 0 Å². The molecule has 0 aliphatic rings. The number of thioether (sulfide) groups is 1. The lowest BCUT2D eigenvalue weighted by atomic mass is 10.0. The van der Waals surface area contributed by atoms with Gasteiger partial charge in [0.15, 0.2) is 5.16 Å². The molecule has 0 bridgehead atoms. The van der Waals surface area contributed by atoms with Crippen molar-refractivity contribution in [2.24, 2.45) is 0 Å². The third-order valence-corrected chi connectivity index (χ3v) is 3.80. The zero-order valence-corrected chi connectivity index (χ0v) is 10.9. The number of hydrogen-bond donors (Lipinski definition) is 2. The summed E-state index contributed by atoms with van der Waals surface area (Å²) >= 11 is 1.75. The van der Waals surface area contributed by atoms with Crippen LogP contribution in [0.3, 0.4) is 0 Å². The van der Waals surface area contributed by atoms with Gasteiger partial charge >= 0.3 is 0 Å². The standard InChI is InChI=1S/C13H17N3S/c1-10(17-13-15-8-9-16-13)12(14-2)11-6-4-3-5-7-11/h3-10,12,14H,1-2H3,(H,15,16). The lowest BCUT2D eigenvalue weighted by Crippen LogP contribution is -2.25. The smallest absolute Gasteiger partial charge is 0.165 e. The van der Waals surface area contributed by atoms with Gasteiger partial charge in [0.1, 0.15) is 0 Å². The van der Waals surface area contributed by atoms with E-state index in [-0.39, 0.29) is 0 Å². The number of nitrogens with zero attached hydrogens (tertiary/aromatic N) is 1. The van der Waals surface area contributed by atoms with Gasteiger partial charge in [-0.3, -0.25) is 0 Å². The van der Waals surface area contributed by atoms with Gasteiger partial charge < -0.3 is 10.3 Å². The van der Waals surface area contributed by atoms with Crippen LogP contribution in [-0.2, 0) is 0 Å². The van der Waals surface area contributed by atoms with Gasteiger partial charge in [0, 0.05) is 23.7 Å². The highest BCUT2D eigenvalue weighted by Crippen LogP contribution is 2.29. The molecule has 2 aromatic rings. The molecule has 0 spiro atoms. The molecule has 0 saturated carbocycles. The second-order valence-corrected chi connectivity index (χ2v) is 5.26. The van der Waals surface area contributed by atoms with Crippen LogP contribution in [0.5, 0.6) is 0 Å². The van der Waals surface area contributed by atoms with Crippen LogP contribution < -0.4 is 5.32 Å². The van der Waals surface area contributed by atoms with Gasteiger partial charge in [-0.05, 0) is 12.6 Å². The summed E-state index contributed by atoms with van der Waals surface area (Å²) in [7, 11) is 2.00. The van der Waals surface area contributed by atoms with Crippen molar-refractivity contribution < 1.29 is 0 Å². The Morgan fingerprint density at radius 2 is 2.06 bits per heavy atom. The minimum absolute atomic E-state index is 0.325. The van der Waals surface area contributed by atoms with Crippen LogP contribution in [0.15, 0.2) is 47.9 Å². The van der Waals surface area contributed by atoms with Crippen LogP contribution in [0.25, 0.3) is 0 Å². The van der Waals surface area contributed by atoms with Crippen molar-refractivity contribution >= 4 is 11.8 Å². The van der Waals surface area contributed by atoms with E-state index in [0.29, 0.717) is 11.3 Å². The van der Waals surface area contributed by atoms with Crippen LogP contribution in [-0.4, -0.2) is 22.3 Å². The quantitative estimate of drug-likeness (QED) is 0.798. The van der Waals surface area contributed by atoms with Crippen LogP contribution in [0.2, 0.25) is 0 Å². The van der Waals surface area contributed by atoms with E-state index in [1.165, 1.54) is 5.56 Å². The van der Waals surface area contributed by atoms with Crippen molar-refractivity contribution in [2.45, 2.75) is 23.4 Å². The average Bonchev–Trinajstić information content (AvgIpc) is 2.84. The maximum Gasteiger partial charge on any atom is 0.165 e. The number of aromatic amines is 1. The van der Waals surface area contributed by atoms with Gasteiger partial charge in [-0.15, -0.1) is 0 Å². The van der Waals surface area contributed by atoms with E-state index >= 15 is 0 Å². The Morgan fingerprint density at radius 1 is 1.29 bits per heavy atom. The van der Waals surface area contributed by atoms with Gasteiger partial charge in [0.05, 0.1) is 0 Å². The number of rotatable bonds is 5. The van der Waals surface area contributed by atoms with Gasteiger partial charge in [-0.25, -0.2) is 4.98 Å². The Labute approximate surface area is 106 Å². The van der Waals surface area contributed by atoms with E-state index in [0.717, 1.165) is 5.16 Å². The highest BCUT2D eigenvalue weighted by Gasteiger charge is 2.19. The van der Waals surface area contributed by atoms with E-state index in [2.05, 4.69) is 46.5 Å². The summed E-state index contributed by atoms with van der Waals surface area (Å²) in [5.41, 5.74) is 1.31. The summed E-state index contributed by atoms with van der Waals surface area (Å²) in [5.74, 6) is 0. The second kappa shape index (κ2) is 5.89. The monoisotopic (exact) mass is 247 g/mol. The van der Waals surface area contributed by atoms with E-state index in [1.54, 1.807) is 18.0 Å². The molecule has 4 heteroatoms. The topological polar surface area (TPSA) is 40.7 Å². The first-order valence-electron chi connectivity index (χ1n) is 5.69. The van der Waals surface area contributed by atoms with E-state index in [4.69, 9.17) is 0 Å². The van der Waals surface area contributed by atoms with Crippen LogP contribution in [0.4, 0.5) is 0 Å². The molecule has 0 fully saturated rings. The maximum atomic E-state index is 4.25. The molecule has 2 atom stereocenters. The molecular weight excluding hydrogens is 230 g/mol. The van der Waals surface area contributed by atoms with Crippen molar-refractivity contribution in [1.82, 2.24) is 15.3 Å². The van der Waals surface area contributed by atoms with Gasteiger partial charge in [0.25, 0.3) is 0 Å². The Balaban J connectivity index is 2.08. The molecule has 0 amide bonds. The molecule has 0 radical (unpaired) electrons. The van der Waals surface area contributed by atoms with E-state index in [1.807, 2.05) is 19.3 Å². The third-order valence-electron chi connectivity index (χ3n) is 2.71. The molecule has 2 N–H and O–H groups in total. The Kier molecular flexibility index (Phi) is 4.23. The summed E-state index contributed by atoms with van der Waals surface area (Å²) in [5, 5.41) is 4.75. The number of nitrogens with one attached hydrogen (secondary N) is 2. The normalized spacial score (nSPS) is 14.5. The number of aromatic nitrogens is 2. The molecule has 0 aliphatic carbocycles. The number of benzene rings is 1. The number of imidazole rings is 1. The molecule has 17 heavy (non-hydrogen) atoms. The fourth-order valence-electron chi connectivity index (χ4n) is 1.89. The summed E-state index contributed by atoms with van der Waals surface area (Å²) in [6, 6.07) is 10.8. The Morgan fingerprint density at radius 3 is 2.65 bits per heavy atom. The zero-order chi connectivity index (χ0) is 12.1. The van der Waals surface area contributed by atoms with E-state index in [9.17, 15) is 0 Å². The van der Waals surface area contributed by atoms with Crippen molar-refractivity contribution in [3.63, 3.8) is 0 Å². The van der Waals surface area contributed by atoms with Crippen LogP contribution >= 0.6 is 11.8 Å². The first-order valence-corrected chi connectivity index (χ1v) is 6.57. The Bertz CT molecular complexity index is 427. The fraction of sp³-hybridized carbons (Fsp3) is 0.308. The summed E-state index contributed by atoms with van der Waals surface area (Å²) in [6.07, 6.45) is 3.64. The predicted octanol–water partition coefficient (Wildman–Crippen LogP) is 2.85. The molecule has 90 valence electrons. The third kappa shape index (κ3) is 3.11. The summed E-state index contributed by atoms with van der Waals surface area (Å²) in [4.78, 5) is 7.37. The van der Waals surface area contributed by atoms with Crippen LogP contribution in [0.1, 0.15) is 18.5 Å². The summed E-state index contributed by atoms with van der Waals surface area (Å²) < 4.78 is 0. The molecular formula is C13H17N3S. The highest BCUT2D eigenvalue weighted by atomic mass is 32.2. The SMILES string of the molecule is CNC(c1ccccc1)C(C)Sc1ncc[nH]1. The van der Waals surface area contributed by atoms with Crippen LogP contribution in [0, 0.1) is 0 Å². The molecule has 1 aromatic carbocycles. The first kappa shape index (κ1) is 12.2. The minimum Gasteiger partial charge on any atom is -0.340 e. The van der Waals surface area contributed by atoms with Gasteiger partial charge in [-0.2, -0.15) is 0 Å². The lowest BCUT2D eigenvalue weighted by Gasteiger charge is -2.22. The number of hydrogen-bond acceptors (Lipinski definition) is 3. The maximum absolute atomic E-state index is 4.25. The molecule has 0 saturated heterocycles. The largest absolute Gasteiger partial charge is 0.340 e. The van der Waals surface area contributed by atoms with Gasteiger partial charge in [-0.1, -0.05) is 49.0 Å². The molecule has 2 unspecified atom stereocenters. The number of H-pyrrole nitrogens is 1. The fourth-order valence-corrected chi connectivity index (χ4v) is 2.93.